The number of aromatic nitrogens is 12. The Kier molecular flexibility index (Phi) is 35.3. The van der Waals surface area contributed by atoms with Gasteiger partial charge < -0.3 is 60.6 Å². The Morgan fingerprint density at radius 2 is 0.919 bits per heavy atom. The monoisotopic (exact) mass is 2040 g/mol. The summed E-state index contributed by atoms with van der Waals surface area (Å²) < 4.78 is 119. The smallest absolute Gasteiger partial charge is 0.399 e. The molecule has 4 fully saturated rings. The summed E-state index contributed by atoms with van der Waals surface area (Å²) >= 11 is 3.53. The zero-order valence-electron chi connectivity index (χ0n) is 83.4. The summed E-state index contributed by atoms with van der Waals surface area (Å²) in [6, 6.07) is 32.5. The molecule has 4 aliphatic rings. The van der Waals surface area contributed by atoms with Gasteiger partial charge in [0.15, 0.2) is 14.4 Å². The standard InChI is InChI=1S/C24H33N5O3SSi.C19H36BNO2Si.C18H19N5O2S.C17H23N3OSi.C13H19BrN2OSi.C7H10N2O2S/c1-5-33(30,31)29-17-24(18-29,9-10-25)28-13-7-20(16-28)21-6-11-26-23-22(21)8-12-27(23)19-32-14-15-34(2,3)4;1-14(2)24(15(3)4,16(5)6)21-12-11-17(13-21)20-22-18(7,8)19(9,10)23-20;1-2-26(24,25)23-12-18(13-23,6-7-19)22-10-5-14(11-22)15-3-8-20-17-16(15)4-9-21-17;1-22(2,3)11-10-21-13-20-9-6-16-15(5-8-19-17(16)20)14-4-7-18-12-14;1-18(2,3)9-8-17-10-16-7-5-11-12(14)4-6-15-13(11)16;1-3-12(10,11)9-5-7(6-9)4-8-2/h6-8,11-13,16H,5,9,14-15,17-19H2,1-4H3;11-16H,1-10H3;3-5,8-11H,2,6,12-13H2,1H3,(H,20,21);4-9,12,18H,10-11,13H2,1-3H3;4-7H,8-10H2,1-3H3;4H,3,5-6H2,1H3. The van der Waals surface area contributed by atoms with Crippen LogP contribution in [-0.2, 0) is 84.9 Å². The fraction of sp³-hybridized carbons (Fsp3) is 0.500. The summed E-state index contributed by atoms with van der Waals surface area (Å²) in [5, 5.41) is 23.1. The summed E-state index contributed by atoms with van der Waals surface area (Å²) in [5.41, 5.74) is 12.6. The predicted octanol–water partition coefficient (Wildman–Crippen LogP) is 20.1. The molecule has 16 rings (SSSR count). The lowest BCUT2D eigenvalue weighted by Crippen LogP contribution is -2.63. The van der Waals surface area contributed by atoms with Crippen LogP contribution < -0.4 is 5.46 Å². The lowest BCUT2D eigenvalue weighted by Gasteiger charge is -2.48. The molecule has 0 aromatic carbocycles. The lowest BCUT2D eigenvalue weighted by atomic mass is 9.81. The lowest BCUT2D eigenvalue weighted by molar-refractivity contribution is 0.00578. The van der Waals surface area contributed by atoms with Crippen molar-refractivity contribution in [3.05, 3.63) is 200 Å². The SMILES string of the molecule is CC(C)[Si](C(C)C)(C(C)C)n1ccc(B2OC(C)(C)C(C)(C)O2)c1.CCS(=O)(=O)N1CC(CC#N)(n2ccc(-c3ccnc4[nH]ccc34)c2)C1.CCS(=O)(=O)N1CC(CC#N)(n2ccc(-c3ccnc4c3ccn4COCC[Si](C)(C)C)c2)C1.C[Si](C)(C)CCOCn1ccc2c(-c3cc[nH]c3)ccnc21.C[Si](C)(C)CCOCn1ccc2c(Br)ccnc21.[C-]#[N+]C=C1CN(S(=O)(=O)CC)C1. The van der Waals surface area contributed by atoms with Gasteiger partial charge in [-0.2, -0.15) is 23.4 Å². The van der Waals surface area contributed by atoms with E-state index in [1.165, 1.54) is 42.3 Å². The molecule has 0 spiro atoms. The van der Waals surface area contributed by atoms with Crippen LogP contribution in [-0.4, -0.2) is 222 Å². The first-order valence-corrected chi connectivity index (χ1v) is 65.9. The predicted molar refractivity (Wildman–Crippen MR) is 563 cm³/mol. The Bertz CT molecular complexity index is 6520. The molecule has 38 heteroatoms. The Morgan fingerprint density at radius 3 is 1.32 bits per heavy atom. The molecule has 732 valence electrons. The topological polar surface area (TPSA) is 323 Å². The fourth-order valence-corrected chi connectivity index (χ4v) is 30.5. The van der Waals surface area contributed by atoms with Crippen molar-refractivity contribution in [1.82, 2.24) is 69.9 Å². The molecule has 0 unspecified atom stereocenters. The Labute approximate surface area is 818 Å². The van der Waals surface area contributed by atoms with Crippen LogP contribution in [0.2, 0.25) is 93.7 Å². The number of rotatable bonds is 33. The number of ether oxygens (including phenoxy) is 3. The first kappa shape index (κ1) is 107. The third-order valence-electron chi connectivity index (χ3n) is 26.5. The first-order valence-electron chi connectivity index (χ1n) is 46.9. The van der Waals surface area contributed by atoms with E-state index in [1.807, 2.05) is 123 Å². The number of nitrogens with zero attached hydrogens (tertiary/aromatic N) is 16. The van der Waals surface area contributed by atoms with Crippen LogP contribution in [0.1, 0.15) is 103 Å². The molecule has 4 aliphatic heterocycles. The second-order valence-corrected chi connectivity index (χ2v) is 71.5. The minimum absolute atomic E-state index is 0.0698. The number of sulfonamides is 3. The largest absolute Gasteiger partial charge is 0.496 e. The molecule has 0 atom stereocenters. The van der Waals surface area contributed by atoms with Gasteiger partial charge in [0.25, 0.3) is 0 Å². The zero-order chi connectivity index (χ0) is 99.4. The van der Waals surface area contributed by atoms with Crippen LogP contribution >= 0.6 is 15.9 Å². The molecule has 29 nitrogen and oxygen atoms in total. The highest BCUT2D eigenvalue weighted by atomic mass is 79.9. The van der Waals surface area contributed by atoms with Gasteiger partial charge in [-0.05, 0) is 218 Å². The summed E-state index contributed by atoms with van der Waals surface area (Å²) in [7, 11) is -14.6. The van der Waals surface area contributed by atoms with Crippen molar-refractivity contribution in [1.29, 1.82) is 10.5 Å². The van der Waals surface area contributed by atoms with E-state index in [1.54, 1.807) is 33.2 Å². The van der Waals surface area contributed by atoms with Gasteiger partial charge in [-0.15, -0.1) is 0 Å². The quantitative estimate of drug-likeness (QED) is 0.0219. The summed E-state index contributed by atoms with van der Waals surface area (Å²) in [5.74, 6) is 0.285. The molecule has 16 heterocycles. The number of pyridine rings is 4. The Hall–Kier alpha value is -8.97. The first-order chi connectivity index (χ1) is 64.0. The highest BCUT2D eigenvalue weighted by Gasteiger charge is 2.54. The fourth-order valence-electron chi connectivity index (χ4n) is 17.7. The molecule has 12 aromatic heterocycles. The van der Waals surface area contributed by atoms with Crippen LogP contribution in [0, 0.1) is 29.2 Å². The van der Waals surface area contributed by atoms with Gasteiger partial charge in [-0.1, -0.05) is 100 Å². The number of hydrogen-bond acceptors (Lipinski definition) is 17. The number of nitrogens with one attached hydrogen (secondary N) is 2. The van der Waals surface area contributed by atoms with Gasteiger partial charge in [-0.25, -0.2) is 50.0 Å². The second-order valence-electron chi connectivity index (χ2n) is 41.3. The van der Waals surface area contributed by atoms with Crippen molar-refractivity contribution in [3.8, 4) is 45.5 Å². The maximum Gasteiger partial charge on any atom is 0.496 e. The van der Waals surface area contributed by atoms with Gasteiger partial charge in [0.05, 0.1) is 71.1 Å². The van der Waals surface area contributed by atoms with Gasteiger partial charge in [-0.3, -0.25) is 0 Å². The maximum atomic E-state index is 12.2. The van der Waals surface area contributed by atoms with Crippen molar-refractivity contribution in [2.45, 2.75) is 239 Å². The van der Waals surface area contributed by atoms with Crippen molar-refractivity contribution in [2.24, 2.45) is 0 Å². The van der Waals surface area contributed by atoms with Crippen LogP contribution in [0.15, 0.2) is 188 Å². The maximum absolute atomic E-state index is 12.2. The van der Waals surface area contributed by atoms with E-state index in [4.69, 9.17) is 30.1 Å². The van der Waals surface area contributed by atoms with E-state index in [-0.39, 0.29) is 48.4 Å². The van der Waals surface area contributed by atoms with Crippen LogP contribution in [0.25, 0.3) is 82.4 Å². The van der Waals surface area contributed by atoms with E-state index in [2.05, 4.69) is 255 Å². The summed E-state index contributed by atoms with van der Waals surface area (Å²) in [6.07, 6.45) is 33.5. The Balaban J connectivity index is 0.000000160. The van der Waals surface area contributed by atoms with Crippen molar-refractivity contribution in [3.63, 3.8) is 0 Å². The number of nitriles is 2. The third kappa shape index (κ3) is 25.4. The van der Waals surface area contributed by atoms with Gasteiger partial charge >= 0.3 is 7.12 Å². The second kappa shape index (κ2) is 44.7. The Morgan fingerprint density at radius 1 is 0.515 bits per heavy atom. The molecular formula is C98H140BBrN18O11S3Si4. The number of fused-ring (bicyclic) bond motifs is 4. The molecule has 12 aromatic rings. The molecule has 2 N–H and O–H groups in total. The average Bonchev–Trinajstić information content (AvgIpc) is 1.29. The van der Waals surface area contributed by atoms with E-state index < -0.39 is 73.6 Å². The van der Waals surface area contributed by atoms with Crippen LogP contribution in [0.3, 0.4) is 0 Å². The molecule has 0 bridgehead atoms. The molecule has 4 saturated heterocycles. The van der Waals surface area contributed by atoms with Crippen LogP contribution in [0.4, 0.5) is 0 Å². The van der Waals surface area contributed by atoms with E-state index in [9.17, 15) is 35.8 Å². The number of aromatic amines is 2. The summed E-state index contributed by atoms with van der Waals surface area (Å²) in [6.45, 7) is 61.5. The molecule has 0 saturated carbocycles. The molecule has 0 radical (unpaired) electrons. The van der Waals surface area contributed by atoms with E-state index in [0.29, 0.717) is 76.1 Å². The van der Waals surface area contributed by atoms with Gasteiger partial charge in [0.1, 0.15) is 42.8 Å². The van der Waals surface area contributed by atoms with Crippen LogP contribution in [0.5, 0.6) is 0 Å². The average molecular weight is 2050 g/mol. The van der Waals surface area contributed by atoms with Gasteiger partial charge in [0.2, 0.25) is 30.1 Å². The normalized spacial score (nSPS) is 16.2. The number of H-pyrrole nitrogens is 2. The van der Waals surface area contributed by atoms with Gasteiger partial charge in [0, 0.05) is 207 Å². The zero-order valence-corrected chi connectivity index (χ0v) is 91.5. The minimum Gasteiger partial charge on any atom is -0.399 e. The number of hydrogen-bond donors (Lipinski definition) is 2. The highest BCUT2D eigenvalue weighted by Crippen LogP contribution is 2.45. The molecule has 0 amide bonds. The highest BCUT2D eigenvalue weighted by molar-refractivity contribution is 9.10. The number of halogens is 1. The third-order valence-corrected chi connectivity index (χ3v) is 44.4. The molecule has 0 aliphatic carbocycles. The summed E-state index contributed by atoms with van der Waals surface area (Å²) in [4.78, 5) is 27.1. The van der Waals surface area contributed by atoms with E-state index >= 15 is 0 Å². The van der Waals surface area contributed by atoms with E-state index in [0.717, 1.165) is 108 Å². The van der Waals surface area contributed by atoms with Crippen molar-refractivity contribution >= 4 is 135 Å². The molecular weight excluding hydrogens is 1900 g/mol. The van der Waals surface area contributed by atoms with Crippen molar-refractivity contribution < 1.29 is 48.8 Å². The molecule has 136 heavy (non-hydrogen) atoms. The van der Waals surface area contributed by atoms with Crippen molar-refractivity contribution in [2.75, 3.05) is 76.3 Å². The minimum atomic E-state index is -3.26.